The van der Waals surface area contributed by atoms with Crippen LogP contribution < -0.4 is 4.90 Å². The third-order valence-corrected chi connectivity index (χ3v) is 6.80. The van der Waals surface area contributed by atoms with Crippen LogP contribution in [0.4, 0.5) is 10.5 Å². The Labute approximate surface area is 182 Å². The van der Waals surface area contributed by atoms with E-state index in [9.17, 15) is 14.4 Å². The Hall–Kier alpha value is -2.28. The molecule has 2 aliphatic heterocycles. The van der Waals surface area contributed by atoms with E-state index >= 15 is 0 Å². The van der Waals surface area contributed by atoms with Gasteiger partial charge in [0.05, 0.1) is 12.0 Å². The van der Waals surface area contributed by atoms with Crippen molar-refractivity contribution in [3.63, 3.8) is 0 Å². The Morgan fingerprint density at radius 2 is 2.03 bits per heavy atom. The molecule has 0 aliphatic carbocycles. The molecule has 2 heterocycles. The van der Waals surface area contributed by atoms with Gasteiger partial charge in [0.1, 0.15) is 6.54 Å². The van der Waals surface area contributed by atoms with E-state index in [0.717, 1.165) is 47.2 Å². The largest absolute Gasteiger partial charge is 0.468 e. The third kappa shape index (κ3) is 4.13. The fraction of sp³-hybridized carbons (Fsp3) is 0.522. The fourth-order valence-corrected chi connectivity index (χ4v) is 5.25. The first-order valence-electron chi connectivity index (χ1n) is 10.3. The normalized spacial score (nSPS) is 21.9. The second-order valence-electron chi connectivity index (χ2n) is 8.68. The lowest BCUT2D eigenvalue weighted by Gasteiger charge is -2.48. The van der Waals surface area contributed by atoms with Crippen molar-refractivity contribution in [1.29, 1.82) is 0 Å². The summed E-state index contributed by atoms with van der Waals surface area (Å²) in [7, 11) is 1.23. The summed E-state index contributed by atoms with van der Waals surface area (Å²) in [5.74, 6) is -0.671. The van der Waals surface area contributed by atoms with Gasteiger partial charge in [0.25, 0.3) is 11.1 Å². The van der Waals surface area contributed by atoms with E-state index in [2.05, 4.69) is 49.5 Å². The maximum Gasteiger partial charge on any atom is 0.325 e. The molecule has 7 heteroatoms. The lowest BCUT2D eigenvalue weighted by molar-refractivity contribution is -0.143. The monoisotopic (exact) mass is 430 g/mol. The van der Waals surface area contributed by atoms with Crippen molar-refractivity contribution >= 4 is 40.6 Å². The zero-order valence-electron chi connectivity index (χ0n) is 18.6. The van der Waals surface area contributed by atoms with E-state index in [-0.39, 0.29) is 12.1 Å². The fourth-order valence-electron chi connectivity index (χ4n) is 4.42. The second kappa shape index (κ2) is 8.46. The van der Waals surface area contributed by atoms with Gasteiger partial charge in [-0.2, -0.15) is 0 Å². The zero-order chi connectivity index (χ0) is 22.2. The summed E-state index contributed by atoms with van der Waals surface area (Å²) in [5.41, 5.74) is 4.61. The van der Waals surface area contributed by atoms with Crippen molar-refractivity contribution in [3.05, 3.63) is 33.7 Å². The molecule has 0 spiro atoms. The number of amides is 2. The molecule has 1 fully saturated rings. The predicted molar refractivity (Wildman–Crippen MR) is 121 cm³/mol. The van der Waals surface area contributed by atoms with Crippen LogP contribution in [0, 0.1) is 6.92 Å². The van der Waals surface area contributed by atoms with Crippen molar-refractivity contribution in [2.24, 2.45) is 0 Å². The molecular formula is C23H30N2O4S. The van der Waals surface area contributed by atoms with Crippen LogP contribution in [-0.4, -0.2) is 47.8 Å². The number of imide groups is 1. The van der Waals surface area contributed by atoms with Gasteiger partial charge in [0.2, 0.25) is 0 Å². The summed E-state index contributed by atoms with van der Waals surface area (Å²) < 4.78 is 4.58. The standard InChI is InChI=1S/C23H30N2O4S/c1-7-8-25-18-9-14(2)16(10-17(18)15(3)12-23(25,4)5)11-19-21(27)24(22(28)30-19)13-20(26)29-6/h9-11,15H,7-8,12-13H2,1-6H3/b19-11-. The molecule has 1 unspecified atom stereocenters. The number of ether oxygens (including phenoxy) is 1. The summed E-state index contributed by atoms with van der Waals surface area (Å²) in [4.78, 5) is 40.1. The van der Waals surface area contributed by atoms with Gasteiger partial charge in [-0.15, -0.1) is 0 Å². The number of thioether (sulfide) groups is 1. The minimum atomic E-state index is -0.615. The van der Waals surface area contributed by atoms with Gasteiger partial charge < -0.3 is 9.64 Å². The van der Waals surface area contributed by atoms with Gasteiger partial charge in [-0.25, -0.2) is 0 Å². The van der Waals surface area contributed by atoms with Crippen molar-refractivity contribution in [1.82, 2.24) is 4.90 Å². The maximum absolute atomic E-state index is 12.7. The van der Waals surface area contributed by atoms with Gasteiger partial charge >= 0.3 is 5.97 Å². The number of benzene rings is 1. The Balaban J connectivity index is 1.97. The summed E-state index contributed by atoms with van der Waals surface area (Å²) in [6, 6.07) is 4.36. The molecule has 3 rings (SSSR count). The van der Waals surface area contributed by atoms with Crippen LogP contribution in [-0.2, 0) is 14.3 Å². The van der Waals surface area contributed by atoms with Crippen molar-refractivity contribution in [2.75, 3.05) is 25.1 Å². The first kappa shape index (κ1) is 22.4. The number of aryl methyl sites for hydroxylation is 1. The molecule has 0 saturated carbocycles. The topological polar surface area (TPSA) is 66.9 Å². The number of esters is 1. The van der Waals surface area contributed by atoms with E-state index < -0.39 is 17.1 Å². The zero-order valence-corrected chi connectivity index (χ0v) is 19.4. The van der Waals surface area contributed by atoms with Crippen LogP contribution in [0.15, 0.2) is 17.0 Å². The van der Waals surface area contributed by atoms with Gasteiger partial charge in [0.15, 0.2) is 0 Å². The molecule has 6 nitrogen and oxygen atoms in total. The van der Waals surface area contributed by atoms with Crippen LogP contribution in [0.2, 0.25) is 0 Å². The molecular weight excluding hydrogens is 400 g/mol. The highest BCUT2D eigenvalue weighted by atomic mass is 32.2. The van der Waals surface area contributed by atoms with Crippen LogP contribution >= 0.6 is 11.8 Å². The minimum Gasteiger partial charge on any atom is -0.468 e. The van der Waals surface area contributed by atoms with Gasteiger partial charge in [-0.3, -0.25) is 19.3 Å². The van der Waals surface area contributed by atoms with E-state index in [0.29, 0.717) is 10.8 Å². The number of nitrogens with zero attached hydrogens (tertiary/aromatic N) is 2. The molecule has 0 radical (unpaired) electrons. The highest BCUT2D eigenvalue weighted by Crippen LogP contribution is 2.45. The van der Waals surface area contributed by atoms with Gasteiger partial charge in [-0.1, -0.05) is 13.8 Å². The van der Waals surface area contributed by atoms with Crippen LogP contribution in [0.3, 0.4) is 0 Å². The number of carbonyl (C=O) groups is 3. The number of methoxy groups -OCH3 is 1. The number of fused-ring (bicyclic) bond motifs is 1. The molecule has 0 bridgehead atoms. The molecule has 1 aromatic carbocycles. The minimum absolute atomic E-state index is 0.0902. The smallest absolute Gasteiger partial charge is 0.325 e. The Morgan fingerprint density at radius 3 is 2.67 bits per heavy atom. The van der Waals surface area contributed by atoms with Crippen molar-refractivity contribution < 1.29 is 19.1 Å². The number of rotatable bonds is 5. The highest BCUT2D eigenvalue weighted by Gasteiger charge is 2.38. The van der Waals surface area contributed by atoms with Gasteiger partial charge in [0, 0.05) is 17.8 Å². The SMILES string of the molecule is CCCN1c2cc(C)c(/C=C3\SC(=O)N(CC(=O)OC)C3=O)cc2C(C)CC1(C)C. The van der Waals surface area contributed by atoms with E-state index in [4.69, 9.17) is 0 Å². The molecule has 1 atom stereocenters. The van der Waals surface area contributed by atoms with Crippen LogP contribution in [0.25, 0.3) is 6.08 Å². The summed E-state index contributed by atoms with van der Waals surface area (Å²) in [6.07, 6.45) is 3.90. The van der Waals surface area contributed by atoms with E-state index in [1.165, 1.54) is 18.4 Å². The highest BCUT2D eigenvalue weighted by molar-refractivity contribution is 8.18. The lowest BCUT2D eigenvalue weighted by atomic mass is 9.79. The van der Waals surface area contributed by atoms with E-state index in [1.54, 1.807) is 6.08 Å². The summed E-state index contributed by atoms with van der Waals surface area (Å²) in [6.45, 7) is 11.7. The number of hydrogen-bond donors (Lipinski definition) is 0. The number of anilines is 1. The Kier molecular flexibility index (Phi) is 6.32. The molecule has 0 aromatic heterocycles. The molecule has 0 N–H and O–H groups in total. The Morgan fingerprint density at radius 1 is 1.33 bits per heavy atom. The summed E-state index contributed by atoms with van der Waals surface area (Å²) >= 11 is 0.865. The second-order valence-corrected chi connectivity index (χ2v) is 9.67. The first-order valence-corrected chi connectivity index (χ1v) is 11.1. The predicted octanol–water partition coefficient (Wildman–Crippen LogP) is 4.71. The van der Waals surface area contributed by atoms with Crippen molar-refractivity contribution in [2.45, 2.75) is 58.9 Å². The first-order chi connectivity index (χ1) is 14.1. The quantitative estimate of drug-likeness (QED) is 0.498. The number of hydrogen-bond acceptors (Lipinski definition) is 6. The summed E-state index contributed by atoms with van der Waals surface area (Å²) in [5, 5.41) is -0.448. The lowest BCUT2D eigenvalue weighted by Crippen LogP contribution is -2.48. The molecule has 162 valence electrons. The van der Waals surface area contributed by atoms with E-state index in [1.807, 2.05) is 6.92 Å². The molecule has 2 aliphatic rings. The number of carbonyl (C=O) groups excluding carboxylic acids is 3. The van der Waals surface area contributed by atoms with Gasteiger partial charge in [-0.05, 0) is 86.2 Å². The molecule has 30 heavy (non-hydrogen) atoms. The maximum atomic E-state index is 12.7. The average molecular weight is 431 g/mol. The molecule has 2 amide bonds. The molecule has 1 saturated heterocycles. The Bertz CT molecular complexity index is 922. The third-order valence-electron chi connectivity index (χ3n) is 5.90. The van der Waals surface area contributed by atoms with Crippen LogP contribution in [0.1, 0.15) is 63.1 Å². The van der Waals surface area contributed by atoms with Crippen molar-refractivity contribution in [3.8, 4) is 0 Å². The average Bonchev–Trinajstić information content (AvgIpc) is 2.93. The molecule has 1 aromatic rings. The van der Waals surface area contributed by atoms with Crippen LogP contribution in [0.5, 0.6) is 0 Å².